The number of aliphatic hydroxyl groups is 1. The highest BCUT2D eigenvalue weighted by Crippen LogP contribution is 2.47. The van der Waals surface area contributed by atoms with Gasteiger partial charge in [0.25, 0.3) is 11.5 Å². The van der Waals surface area contributed by atoms with Gasteiger partial charge in [-0.2, -0.15) is 15.2 Å². The normalized spacial score (nSPS) is 18.5. The summed E-state index contributed by atoms with van der Waals surface area (Å²) in [6.45, 7) is 6.30. The van der Waals surface area contributed by atoms with Crippen LogP contribution in [0.1, 0.15) is 60.9 Å². The molecule has 0 spiro atoms. The van der Waals surface area contributed by atoms with Crippen LogP contribution in [0.15, 0.2) is 53.3 Å². The maximum atomic E-state index is 17.3. The van der Waals surface area contributed by atoms with Crippen LogP contribution in [0.2, 0.25) is 5.02 Å². The van der Waals surface area contributed by atoms with Crippen molar-refractivity contribution in [2.75, 3.05) is 69.4 Å². The number of thiophene rings is 1. The Morgan fingerprint density at radius 2 is 1.85 bits per heavy atom. The number of rotatable bonds is 13. The minimum absolute atomic E-state index is 0.0168. The molecule has 0 saturated carbocycles. The molecule has 424 valence electrons. The fraction of sp³-hybridized carbons (Fsp3) is 0.339. The number of likely N-dealkylation sites (tertiary alicyclic amines) is 1. The monoisotopic (exact) mass is 1160 g/mol. The third-order valence-corrected chi connectivity index (χ3v) is 17.0. The number of nitrogen functional groups attached to an aromatic ring is 2. The second kappa shape index (κ2) is 21.4. The van der Waals surface area contributed by atoms with E-state index in [-0.39, 0.29) is 144 Å². The average Bonchev–Trinajstić information content (AvgIpc) is 2.95. The van der Waals surface area contributed by atoms with Crippen LogP contribution in [0.3, 0.4) is 0 Å². The third kappa shape index (κ3) is 9.28. The standard InChI is InChI=1S/C56H51ClF3N11O10S/c1-5-56(35-15-41-46-32(20-71(41)52(75)34(35)24-78-53(56)76)33(21-72)29-14-39(62)38(59)16-40(29)65-46)81-42(73)18-64-55(77)80-22-25(2)51(74)69-11-12-70(26(3)19-69)50-30-13-36(57)44(28-8-9-37(58)48-43(28)31(17-61)49(63)82-48)45(60)47(30)66-54(67-50)79-23-27-7-6-10-68(27)4/h8-9,13-16,26-27,72H,2,5-7,10-12,18-24,62-63H2,1,3-4H3,(H,64,77). The van der Waals surface area contributed by atoms with E-state index >= 15 is 8.78 Å². The first-order chi connectivity index (χ1) is 39.3. The number of benzene rings is 3. The van der Waals surface area contributed by atoms with Crippen LogP contribution >= 0.6 is 22.9 Å². The first-order valence-corrected chi connectivity index (χ1v) is 27.2. The van der Waals surface area contributed by atoms with E-state index in [1.165, 1.54) is 40.7 Å². The molecule has 0 radical (unpaired) electrons. The lowest BCUT2D eigenvalue weighted by Crippen LogP contribution is -2.54. The Morgan fingerprint density at radius 1 is 1.06 bits per heavy atom. The van der Waals surface area contributed by atoms with Gasteiger partial charge in [0.2, 0.25) is 5.60 Å². The van der Waals surface area contributed by atoms with E-state index in [4.69, 9.17) is 47.0 Å². The molecule has 6 N–H and O–H groups in total. The molecule has 11 rings (SSSR count). The van der Waals surface area contributed by atoms with Crippen molar-refractivity contribution in [3.05, 3.63) is 109 Å². The molecular weight excluding hydrogens is 1110 g/mol. The van der Waals surface area contributed by atoms with Crippen LogP contribution < -0.4 is 32.0 Å². The van der Waals surface area contributed by atoms with E-state index in [0.29, 0.717) is 16.5 Å². The number of fused-ring (bicyclic) bond motifs is 7. The molecule has 7 aromatic rings. The zero-order valence-electron chi connectivity index (χ0n) is 44.3. The third-order valence-electron chi connectivity index (χ3n) is 15.7. The number of alkyl carbamates (subject to hydrolysis) is 1. The lowest BCUT2D eigenvalue weighted by atomic mass is 9.85. The second-order valence-corrected chi connectivity index (χ2v) is 21.9. The number of likely N-dealkylation sites (N-methyl/N-ethyl adjacent to an activating group) is 1. The summed E-state index contributed by atoms with van der Waals surface area (Å²) < 4.78 is 71.1. The van der Waals surface area contributed by atoms with E-state index in [1.54, 1.807) is 0 Å². The predicted octanol–water partition coefficient (Wildman–Crippen LogP) is 6.55. The number of amides is 2. The van der Waals surface area contributed by atoms with Gasteiger partial charge in [-0.1, -0.05) is 31.2 Å². The van der Waals surface area contributed by atoms with Gasteiger partial charge >= 0.3 is 24.0 Å². The fourth-order valence-electron chi connectivity index (χ4n) is 11.4. The Kier molecular flexibility index (Phi) is 14.4. The molecule has 3 atom stereocenters. The van der Waals surface area contributed by atoms with Crippen LogP contribution in [0.5, 0.6) is 6.01 Å². The smallest absolute Gasteiger partial charge is 0.407 e. The molecule has 3 aromatic carbocycles. The molecule has 8 heterocycles. The minimum atomic E-state index is -2.15. The second-order valence-electron chi connectivity index (χ2n) is 20.5. The molecule has 0 bridgehead atoms. The van der Waals surface area contributed by atoms with E-state index in [0.717, 1.165) is 42.9 Å². The van der Waals surface area contributed by atoms with Crippen LogP contribution in [0.25, 0.3) is 54.4 Å². The Bertz CT molecular complexity index is 4040. The highest BCUT2D eigenvalue weighted by molar-refractivity contribution is 7.23. The summed E-state index contributed by atoms with van der Waals surface area (Å²) in [5.41, 5.74) is 10.3. The van der Waals surface area contributed by atoms with Gasteiger partial charge in [-0.25, -0.2) is 27.7 Å². The van der Waals surface area contributed by atoms with Crippen molar-refractivity contribution < 1.29 is 56.4 Å². The van der Waals surface area contributed by atoms with Gasteiger partial charge in [-0.15, -0.1) is 11.3 Å². The van der Waals surface area contributed by atoms with Gasteiger partial charge in [0.1, 0.15) is 60.4 Å². The molecule has 0 aliphatic carbocycles. The maximum absolute atomic E-state index is 17.3. The van der Waals surface area contributed by atoms with Crippen LogP contribution in [0.4, 0.5) is 34.5 Å². The summed E-state index contributed by atoms with van der Waals surface area (Å²) in [5.74, 6) is -4.62. The molecule has 2 amide bonds. The van der Waals surface area contributed by atoms with Gasteiger partial charge in [-0.05, 0) is 75.2 Å². The lowest BCUT2D eigenvalue weighted by Gasteiger charge is -2.41. The molecule has 4 aliphatic heterocycles. The van der Waals surface area contributed by atoms with Crippen molar-refractivity contribution in [2.24, 2.45) is 0 Å². The molecule has 82 heavy (non-hydrogen) atoms. The zero-order valence-corrected chi connectivity index (χ0v) is 45.9. The summed E-state index contributed by atoms with van der Waals surface area (Å²) >= 11 is 7.80. The molecule has 3 unspecified atom stereocenters. The number of nitrogens with zero attached hydrogens (tertiary/aromatic N) is 8. The number of hydrogen-bond donors (Lipinski definition) is 4. The molecule has 26 heteroatoms. The van der Waals surface area contributed by atoms with E-state index < -0.39 is 85.0 Å². The zero-order chi connectivity index (χ0) is 58.2. The highest BCUT2D eigenvalue weighted by Gasteiger charge is 2.51. The summed E-state index contributed by atoms with van der Waals surface area (Å²) in [7, 11) is 1.98. The van der Waals surface area contributed by atoms with Crippen molar-refractivity contribution in [1.82, 2.24) is 34.6 Å². The number of halogens is 4. The number of nitrogens with one attached hydrogen (secondary N) is 1. The quantitative estimate of drug-likeness (QED) is 0.0412. The summed E-state index contributed by atoms with van der Waals surface area (Å²) in [6.07, 6.45) is 0.499. The first kappa shape index (κ1) is 55.3. The average molecular weight is 1160 g/mol. The Balaban J connectivity index is 0.764. The first-order valence-electron chi connectivity index (χ1n) is 26.0. The number of pyridine rings is 2. The molecule has 2 fully saturated rings. The van der Waals surface area contributed by atoms with Crippen LogP contribution in [-0.4, -0.2) is 123 Å². The van der Waals surface area contributed by atoms with Crippen molar-refractivity contribution in [1.29, 1.82) is 5.26 Å². The number of anilines is 3. The van der Waals surface area contributed by atoms with E-state index in [9.17, 15) is 38.7 Å². The number of piperazine rings is 1. The van der Waals surface area contributed by atoms with Crippen molar-refractivity contribution >= 4 is 95.3 Å². The Hall–Kier alpha value is -8.57. The molecule has 4 aromatic heterocycles. The van der Waals surface area contributed by atoms with Gasteiger partial charge in [0.05, 0.1) is 56.6 Å². The summed E-state index contributed by atoms with van der Waals surface area (Å²) in [4.78, 5) is 87.5. The van der Waals surface area contributed by atoms with Gasteiger partial charge in [-0.3, -0.25) is 14.4 Å². The predicted molar refractivity (Wildman–Crippen MR) is 296 cm³/mol. The lowest BCUT2D eigenvalue weighted by molar-refractivity contribution is -0.188. The largest absolute Gasteiger partial charge is 0.462 e. The number of carbonyl (C=O) groups is 4. The Morgan fingerprint density at radius 3 is 2.57 bits per heavy atom. The molecule has 2 saturated heterocycles. The number of ether oxygens (including phenoxy) is 4. The van der Waals surface area contributed by atoms with Gasteiger partial charge in [0, 0.05) is 76.2 Å². The maximum Gasteiger partial charge on any atom is 0.407 e. The molecule has 21 nitrogen and oxygen atoms in total. The van der Waals surface area contributed by atoms with Crippen molar-refractivity contribution in [3.8, 4) is 34.6 Å². The number of nitrogens with two attached hydrogens (primary N) is 2. The summed E-state index contributed by atoms with van der Waals surface area (Å²) in [5, 5.41) is 23.4. The van der Waals surface area contributed by atoms with Crippen molar-refractivity contribution in [3.63, 3.8) is 0 Å². The number of aliphatic hydroxyl groups excluding tert-OH is 1. The van der Waals surface area contributed by atoms with E-state index in [2.05, 4.69) is 26.8 Å². The van der Waals surface area contributed by atoms with Gasteiger partial charge in [0.15, 0.2) is 5.82 Å². The highest BCUT2D eigenvalue weighted by atomic mass is 35.5. The Labute approximate surface area is 473 Å². The summed E-state index contributed by atoms with van der Waals surface area (Å²) in [6, 6.07) is 9.42. The van der Waals surface area contributed by atoms with E-state index in [1.807, 2.05) is 24.9 Å². The number of cyclic esters (lactones) is 1. The minimum Gasteiger partial charge on any atom is -0.462 e. The van der Waals surface area contributed by atoms with Crippen LogP contribution in [-0.2, 0) is 54.0 Å². The van der Waals surface area contributed by atoms with Gasteiger partial charge < -0.3 is 60.1 Å². The number of nitriles is 1. The molecular formula is C56H51ClF3N11O10S. The van der Waals surface area contributed by atoms with Crippen LogP contribution in [0, 0.1) is 28.8 Å². The SMILES string of the molecule is C=C(COC(=O)NCC(=O)OC1(CC)C(=O)OCc2c1cc1n(c2=O)Cc2c-1nc1cc(F)c(N)cc1c2CO)C(=O)N1CCN(c2nc(OCC3CCCN3C)nc3c(F)c(-c4ccc(F)c5sc(N)c(C#N)c45)c(Cl)cc23)C(C)C1. The topological polar surface area (TPSA) is 284 Å². The number of carbonyl (C=O) groups excluding carboxylic acids is 4. The molecule has 4 aliphatic rings. The number of esters is 2. The fourth-order valence-corrected chi connectivity index (χ4v) is 12.7. The van der Waals surface area contributed by atoms with Crippen molar-refractivity contribution in [2.45, 2.75) is 70.6 Å². The number of aromatic nitrogens is 4. The number of hydrogen-bond acceptors (Lipinski definition) is 19.